The summed E-state index contributed by atoms with van der Waals surface area (Å²) in [5.74, 6) is 0. The second-order valence-corrected chi connectivity index (χ2v) is 6.97. The predicted octanol–water partition coefficient (Wildman–Crippen LogP) is 5.81. The molecule has 0 amide bonds. The largest absolute Gasteiger partial charge is 0.389 e. The van der Waals surface area contributed by atoms with Gasteiger partial charge in [-0.05, 0) is 47.5 Å². The van der Waals surface area contributed by atoms with Crippen molar-refractivity contribution >= 4 is 38.5 Å². The summed E-state index contributed by atoms with van der Waals surface area (Å²) in [7, 11) is 0. The van der Waals surface area contributed by atoms with Crippen LogP contribution in [0.2, 0.25) is 0 Å². The lowest BCUT2D eigenvalue weighted by Crippen LogP contribution is -1.92. The highest BCUT2D eigenvalue weighted by molar-refractivity contribution is 9.10. The van der Waals surface area contributed by atoms with Gasteiger partial charge in [0.15, 0.2) is 0 Å². The van der Waals surface area contributed by atoms with Crippen molar-refractivity contribution in [3.63, 3.8) is 0 Å². The van der Waals surface area contributed by atoms with E-state index in [-0.39, 0.29) is 0 Å². The molecule has 0 unspecified atom stereocenters. The minimum atomic E-state index is -0.459. The van der Waals surface area contributed by atoms with Gasteiger partial charge in [-0.2, -0.15) is 0 Å². The summed E-state index contributed by atoms with van der Waals surface area (Å²) < 4.78 is 0.947. The summed E-state index contributed by atoms with van der Waals surface area (Å²) in [6.45, 7) is 1.77. The minimum absolute atomic E-state index is 0.459. The van der Waals surface area contributed by atoms with Crippen molar-refractivity contribution in [3.05, 3.63) is 70.7 Å². The first-order chi connectivity index (χ1) is 10.1. The summed E-state index contributed by atoms with van der Waals surface area (Å²) in [5, 5.41) is 12.2. The lowest BCUT2D eigenvalue weighted by Gasteiger charge is -2.10. The molecule has 3 rings (SSSR count). The molecule has 3 heteroatoms. The van der Waals surface area contributed by atoms with E-state index in [2.05, 4.69) is 64.5 Å². The molecule has 1 atom stereocenters. The Morgan fingerprint density at radius 1 is 0.905 bits per heavy atom. The number of hydrogen-bond acceptors (Lipinski definition) is 2. The fraction of sp³-hybridized carbons (Fsp3) is 0.111. The minimum Gasteiger partial charge on any atom is -0.389 e. The fourth-order valence-corrected chi connectivity index (χ4v) is 4.05. The van der Waals surface area contributed by atoms with Crippen LogP contribution in [0.5, 0.6) is 0 Å². The van der Waals surface area contributed by atoms with Crippen molar-refractivity contribution in [2.45, 2.75) is 22.8 Å². The molecule has 0 saturated heterocycles. The first kappa shape index (κ1) is 14.6. The molecule has 21 heavy (non-hydrogen) atoms. The number of aliphatic hydroxyl groups excluding tert-OH is 1. The molecule has 0 fully saturated rings. The van der Waals surface area contributed by atoms with E-state index in [4.69, 9.17) is 0 Å². The van der Waals surface area contributed by atoms with E-state index in [1.165, 1.54) is 15.7 Å². The van der Waals surface area contributed by atoms with Gasteiger partial charge in [-0.15, -0.1) is 0 Å². The maximum absolute atomic E-state index is 9.67. The number of hydrogen-bond donors (Lipinski definition) is 1. The Morgan fingerprint density at radius 3 is 2.29 bits per heavy atom. The zero-order valence-corrected chi connectivity index (χ0v) is 14.0. The number of rotatable bonds is 3. The number of fused-ring (bicyclic) bond motifs is 1. The molecule has 1 N–H and O–H groups in total. The molecule has 3 aromatic carbocycles. The SMILES string of the molecule is C[C@@H](O)c1ccc(Sc2ccc3ccccc3c2)cc1Br. The second kappa shape index (κ2) is 6.22. The van der Waals surface area contributed by atoms with Crippen LogP contribution in [0.15, 0.2) is 74.9 Å². The zero-order chi connectivity index (χ0) is 14.8. The topological polar surface area (TPSA) is 20.2 Å². The molecule has 0 saturated carbocycles. The maximum Gasteiger partial charge on any atom is 0.0772 e. The summed E-state index contributed by atoms with van der Waals surface area (Å²) >= 11 is 5.25. The van der Waals surface area contributed by atoms with Crippen LogP contribution < -0.4 is 0 Å². The van der Waals surface area contributed by atoms with E-state index in [9.17, 15) is 5.11 Å². The molecule has 1 nitrogen and oxygen atoms in total. The van der Waals surface area contributed by atoms with Crippen LogP contribution in [0.25, 0.3) is 10.8 Å². The van der Waals surface area contributed by atoms with Gasteiger partial charge in [0.25, 0.3) is 0 Å². The molecule has 106 valence electrons. The predicted molar refractivity (Wildman–Crippen MR) is 92.8 cm³/mol. The molecule has 0 aliphatic carbocycles. The molecule has 0 aliphatic heterocycles. The summed E-state index contributed by atoms with van der Waals surface area (Å²) in [6.07, 6.45) is -0.459. The van der Waals surface area contributed by atoms with Crippen molar-refractivity contribution in [2.75, 3.05) is 0 Å². The van der Waals surface area contributed by atoms with Gasteiger partial charge in [0.1, 0.15) is 0 Å². The third-order valence-corrected chi connectivity index (χ3v) is 5.04. The monoisotopic (exact) mass is 358 g/mol. The van der Waals surface area contributed by atoms with Gasteiger partial charge in [-0.3, -0.25) is 0 Å². The van der Waals surface area contributed by atoms with Crippen LogP contribution >= 0.6 is 27.7 Å². The van der Waals surface area contributed by atoms with Crippen LogP contribution in [0.4, 0.5) is 0 Å². The summed E-state index contributed by atoms with van der Waals surface area (Å²) in [4.78, 5) is 2.37. The van der Waals surface area contributed by atoms with Crippen molar-refractivity contribution in [1.29, 1.82) is 0 Å². The smallest absolute Gasteiger partial charge is 0.0772 e. The zero-order valence-electron chi connectivity index (χ0n) is 11.6. The van der Waals surface area contributed by atoms with E-state index in [1.54, 1.807) is 18.7 Å². The van der Waals surface area contributed by atoms with Crippen LogP contribution in [0, 0.1) is 0 Å². The van der Waals surface area contributed by atoms with Gasteiger partial charge in [-0.25, -0.2) is 0 Å². The Labute approximate surface area is 137 Å². The third kappa shape index (κ3) is 3.31. The molecule has 0 heterocycles. The van der Waals surface area contributed by atoms with E-state index < -0.39 is 6.10 Å². The Morgan fingerprint density at radius 2 is 1.57 bits per heavy atom. The first-order valence-electron chi connectivity index (χ1n) is 6.77. The molecule has 0 radical (unpaired) electrons. The van der Waals surface area contributed by atoms with E-state index >= 15 is 0 Å². The molecular formula is C18H15BrOS. The van der Waals surface area contributed by atoms with E-state index in [0.29, 0.717) is 0 Å². The van der Waals surface area contributed by atoms with E-state index in [1.807, 2.05) is 12.1 Å². The van der Waals surface area contributed by atoms with Crippen LogP contribution in [-0.4, -0.2) is 5.11 Å². The van der Waals surface area contributed by atoms with Crippen LogP contribution in [-0.2, 0) is 0 Å². The highest BCUT2D eigenvalue weighted by Gasteiger charge is 2.07. The second-order valence-electron chi connectivity index (χ2n) is 4.97. The Hall–Kier alpha value is -1.29. The lowest BCUT2D eigenvalue weighted by atomic mass is 10.1. The van der Waals surface area contributed by atoms with Crippen LogP contribution in [0.3, 0.4) is 0 Å². The lowest BCUT2D eigenvalue weighted by molar-refractivity contribution is 0.198. The van der Waals surface area contributed by atoms with Gasteiger partial charge in [0.05, 0.1) is 6.10 Å². The molecular weight excluding hydrogens is 344 g/mol. The quantitative estimate of drug-likeness (QED) is 0.637. The van der Waals surface area contributed by atoms with Gasteiger partial charge < -0.3 is 5.11 Å². The van der Waals surface area contributed by atoms with Gasteiger partial charge >= 0.3 is 0 Å². The Kier molecular flexibility index (Phi) is 4.34. The standard InChI is InChI=1S/C18H15BrOS/c1-12(20)17-9-8-16(11-18(17)19)21-15-7-6-13-4-2-3-5-14(13)10-15/h2-12,20H,1H3/t12-/m1/s1. The maximum atomic E-state index is 9.67. The van der Waals surface area contributed by atoms with Gasteiger partial charge in [-0.1, -0.05) is 64.1 Å². The van der Waals surface area contributed by atoms with Crippen molar-refractivity contribution in [2.24, 2.45) is 0 Å². The van der Waals surface area contributed by atoms with Crippen molar-refractivity contribution in [3.8, 4) is 0 Å². The average Bonchev–Trinajstić information content (AvgIpc) is 2.47. The number of aliphatic hydroxyl groups is 1. The highest BCUT2D eigenvalue weighted by Crippen LogP contribution is 2.34. The van der Waals surface area contributed by atoms with Crippen molar-refractivity contribution in [1.82, 2.24) is 0 Å². The van der Waals surface area contributed by atoms with Gasteiger partial charge in [0, 0.05) is 14.3 Å². The summed E-state index contributed by atoms with van der Waals surface area (Å²) in [5.41, 5.74) is 0.915. The highest BCUT2D eigenvalue weighted by atomic mass is 79.9. The fourth-order valence-electron chi connectivity index (χ4n) is 2.28. The van der Waals surface area contributed by atoms with E-state index in [0.717, 1.165) is 14.9 Å². The number of halogens is 1. The van der Waals surface area contributed by atoms with Gasteiger partial charge in [0.2, 0.25) is 0 Å². The number of benzene rings is 3. The van der Waals surface area contributed by atoms with Crippen molar-refractivity contribution < 1.29 is 5.11 Å². The normalized spacial score (nSPS) is 12.5. The molecule has 0 bridgehead atoms. The first-order valence-corrected chi connectivity index (χ1v) is 8.38. The summed E-state index contributed by atoms with van der Waals surface area (Å²) in [6, 6.07) is 20.9. The van der Waals surface area contributed by atoms with Crippen LogP contribution in [0.1, 0.15) is 18.6 Å². The molecule has 0 aromatic heterocycles. The molecule has 0 spiro atoms. The molecule has 3 aromatic rings. The third-order valence-electron chi connectivity index (χ3n) is 3.38. The Bertz CT molecular complexity index is 783. The Balaban J connectivity index is 1.89. The average molecular weight is 359 g/mol. The molecule has 0 aliphatic rings.